The Balaban J connectivity index is 1.98. The average molecular weight is 332 g/mol. The van der Waals surface area contributed by atoms with Crippen LogP contribution in [0.2, 0.25) is 0 Å². The summed E-state index contributed by atoms with van der Waals surface area (Å²) in [5, 5.41) is 0. The number of amides is 1. The summed E-state index contributed by atoms with van der Waals surface area (Å²) in [6, 6.07) is -0.158. The molecule has 7 heteroatoms. The van der Waals surface area contributed by atoms with Crippen LogP contribution in [0.3, 0.4) is 0 Å². The number of rotatable bonds is 4. The first-order valence-corrected chi connectivity index (χ1v) is 9.84. The van der Waals surface area contributed by atoms with E-state index in [1.807, 2.05) is 27.7 Å². The van der Waals surface area contributed by atoms with Crippen molar-refractivity contribution in [2.24, 2.45) is 0 Å². The monoisotopic (exact) mass is 332 g/mol. The molecule has 0 spiro atoms. The Morgan fingerprint density at radius 3 is 2.59 bits per heavy atom. The summed E-state index contributed by atoms with van der Waals surface area (Å²) in [4.78, 5) is 16.5. The largest absolute Gasteiger partial charge is 0.370 e. The van der Waals surface area contributed by atoms with E-state index in [1.54, 1.807) is 4.90 Å². The molecule has 0 aromatic heterocycles. The van der Waals surface area contributed by atoms with E-state index < -0.39 is 9.84 Å². The fraction of sp³-hybridized carbons (Fsp3) is 0.933. The maximum Gasteiger partial charge on any atom is 0.237 e. The molecule has 2 unspecified atom stereocenters. The second-order valence-corrected chi connectivity index (χ2v) is 9.32. The summed E-state index contributed by atoms with van der Waals surface area (Å²) in [6.45, 7) is 10.3. The molecule has 2 aliphatic rings. The van der Waals surface area contributed by atoms with E-state index in [0.717, 1.165) is 6.54 Å². The van der Waals surface area contributed by atoms with Gasteiger partial charge in [0.2, 0.25) is 5.91 Å². The standard InChI is InChI=1S/C15H28N2O4S/c1-5-17(13-6-7-22(19,20)10-13)14(18)9-16-8-12(2)21-15(3,4)11-16/h12-13H,5-11H2,1-4H3. The molecule has 0 bridgehead atoms. The number of nitrogens with zero attached hydrogens (tertiary/aromatic N) is 2. The van der Waals surface area contributed by atoms with Crippen molar-refractivity contribution < 1.29 is 17.9 Å². The van der Waals surface area contributed by atoms with Gasteiger partial charge in [0.05, 0.1) is 29.8 Å². The molecule has 0 saturated carbocycles. The highest BCUT2D eigenvalue weighted by atomic mass is 32.2. The number of morpholine rings is 1. The van der Waals surface area contributed by atoms with E-state index in [-0.39, 0.29) is 35.2 Å². The Labute approximate surface area is 133 Å². The van der Waals surface area contributed by atoms with E-state index >= 15 is 0 Å². The normalized spacial score (nSPS) is 31.1. The molecule has 0 N–H and O–H groups in total. The maximum atomic E-state index is 12.6. The molecule has 2 saturated heterocycles. The third-order valence-electron chi connectivity index (χ3n) is 4.31. The van der Waals surface area contributed by atoms with Gasteiger partial charge in [0.25, 0.3) is 0 Å². The summed E-state index contributed by atoms with van der Waals surface area (Å²) in [7, 11) is -2.97. The SMILES string of the molecule is CCN(C(=O)CN1CC(C)OC(C)(C)C1)C1CCS(=O)(=O)C1. The molecule has 0 radical (unpaired) electrons. The van der Waals surface area contributed by atoms with Gasteiger partial charge >= 0.3 is 0 Å². The molecule has 0 aromatic rings. The van der Waals surface area contributed by atoms with E-state index in [9.17, 15) is 13.2 Å². The van der Waals surface area contributed by atoms with Crippen molar-refractivity contribution in [3.05, 3.63) is 0 Å². The van der Waals surface area contributed by atoms with E-state index in [4.69, 9.17) is 4.74 Å². The van der Waals surface area contributed by atoms with E-state index in [2.05, 4.69) is 4.90 Å². The first-order valence-electron chi connectivity index (χ1n) is 8.02. The molecule has 22 heavy (non-hydrogen) atoms. The summed E-state index contributed by atoms with van der Waals surface area (Å²) < 4.78 is 29.1. The van der Waals surface area contributed by atoms with Crippen LogP contribution in [0.4, 0.5) is 0 Å². The van der Waals surface area contributed by atoms with Crippen LogP contribution in [0.5, 0.6) is 0 Å². The Morgan fingerprint density at radius 1 is 1.41 bits per heavy atom. The predicted molar refractivity (Wildman–Crippen MR) is 85.5 cm³/mol. The predicted octanol–water partition coefficient (Wildman–Crippen LogP) is 0.521. The first-order chi connectivity index (χ1) is 10.1. The fourth-order valence-electron chi connectivity index (χ4n) is 3.65. The lowest BCUT2D eigenvalue weighted by Gasteiger charge is -2.42. The van der Waals surface area contributed by atoms with Crippen molar-refractivity contribution in [2.75, 3.05) is 37.7 Å². The van der Waals surface area contributed by atoms with Crippen LogP contribution in [0.15, 0.2) is 0 Å². The lowest BCUT2D eigenvalue weighted by molar-refractivity contribution is -0.146. The third-order valence-corrected chi connectivity index (χ3v) is 6.06. The Kier molecular flexibility index (Phi) is 5.19. The minimum Gasteiger partial charge on any atom is -0.370 e. The van der Waals surface area contributed by atoms with Crippen molar-refractivity contribution in [3.63, 3.8) is 0 Å². The quantitative estimate of drug-likeness (QED) is 0.751. The van der Waals surface area contributed by atoms with Crippen LogP contribution >= 0.6 is 0 Å². The number of ether oxygens (including phenoxy) is 1. The Bertz CT molecular complexity index is 518. The summed E-state index contributed by atoms with van der Waals surface area (Å²) in [5.41, 5.74) is -0.258. The lowest BCUT2D eigenvalue weighted by atomic mass is 10.1. The minimum atomic E-state index is -2.97. The molecule has 2 rings (SSSR count). The van der Waals surface area contributed by atoms with Crippen molar-refractivity contribution in [1.82, 2.24) is 9.80 Å². The van der Waals surface area contributed by atoms with Crippen LogP contribution in [0.1, 0.15) is 34.1 Å². The maximum absolute atomic E-state index is 12.6. The lowest BCUT2D eigenvalue weighted by Crippen LogP contribution is -2.55. The number of likely N-dealkylation sites (N-methyl/N-ethyl adjacent to an activating group) is 1. The smallest absolute Gasteiger partial charge is 0.237 e. The molecule has 128 valence electrons. The zero-order valence-corrected chi connectivity index (χ0v) is 14.9. The fourth-order valence-corrected chi connectivity index (χ4v) is 5.38. The molecule has 2 atom stereocenters. The van der Waals surface area contributed by atoms with Crippen LogP contribution < -0.4 is 0 Å². The summed E-state index contributed by atoms with van der Waals surface area (Å²) in [5.74, 6) is 0.329. The van der Waals surface area contributed by atoms with Crippen LogP contribution in [-0.4, -0.2) is 79.6 Å². The molecule has 2 heterocycles. The summed E-state index contributed by atoms with van der Waals surface area (Å²) in [6.07, 6.45) is 0.658. The van der Waals surface area contributed by atoms with Crippen molar-refractivity contribution in [2.45, 2.75) is 51.9 Å². The number of hydrogen-bond acceptors (Lipinski definition) is 5. The highest BCUT2D eigenvalue weighted by molar-refractivity contribution is 7.91. The van der Waals surface area contributed by atoms with Gasteiger partial charge in [0, 0.05) is 25.7 Å². The first kappa shape index (κ1) is 17.7. The van der Waals surface area contributed by atoms with Gasteiger partial charge in [-0.25, -0.2) is 8.42 Å². The van der Waals surface area contributed by atoms with Gasteiger partial charge < -0.3 is 9.64 Å². The van der Waals surface area contributed by atoms with Gasteiger partial charge in [0.15, 0.2) is 9.84 Å². The molecule has 0 aromatic carbocycles. The van der Waals surface area contributed by atoms with Gasteiger partial charge in [-0.3, -0.25) is 9.69 Å². The molecular formula is C15H28N2O4S. The molecule has 6 nitrogen and oxygen atoms in total. The highest BCUT2D eigenvalue weighted by Gasteiger charge is 2.36. The number of carbonyl (C=O) groups is 1. The molecule has 1 amide bonds. The molecule has 2 aliphatic heterocycles. The zero-order valence-electron chi connectivity index (χ0n) is 14.0. The zero-order chi connectivity index (χ0) is 16.5. The van der Waals surface area contributed by atoms with Gasteiger partial charge in [-0.15, -0.1) is 0 Å². The van der Waals surface area contributed by atoms with Crippen LogP contribution in [0, 0.1) is 0 Å². The summed E-state index contributed by atoms with van der Waals surface area (Å²) >= 11 is 0. The number of carbonyl (C=O) groups excluding carboxylic acids is 1. The van der Waals surface area contributed by atoms with Gasteiger partial charge in [0.1, 0.15) is 0 Å². The third kappa shape index (κ3) is 4.43. The topological polar surface area (TPSA) is 66.9 Å². The Morgan fingerprint density at radius 2 is 2.09 bits per heavy atom. The highest BCUT2D eigenvalue weighted by Crippen LogP contribution is 2.22. The second kappa shape index (κ2) is 6.45. The average Bonchev–Trinajstić information content (AvgIpc) is 2.67. The van der Waals surface area contributed by atoms with Crippen LogP contribution in [0.25, 0.3) is 0 Å². The van der Waals surface area contributed by atoms with Gasteiger partial charge in [-0.1, -0.05) is 0 Å². The van der Waals surface area contributed by atoms with Crippen LogP contribution in [-0.2, 0) is 19.4 Å². The number of hydrogen-bond donors (Lipinski definition) is 0. The van der Waals surface area contributed by atoms with Crippen molar-refractivity contribution in [1.29, 1.82) is 0 Å². The second-order valence-electron chi connectivity index (χ2n) is 7.09. The van der Waals surface area contributed by atoms with Crippen molar-refractivity contribution in [3.8, 4) is 0 Å². The molecular weight excluding hydrogens is 304 g/mol. The molecule has 2 fully saturated rings. The van der Waals surface area contributed by atoms with E-state index in [1.165, 1.54) is 0 Å². The van der Waals surface area contributed by atoms with Crippen molar-refractivity contribution >= 4 is 15.7 Å². The minimum absolute atomic E-state index is 0.0227. The number of sulfone groups is 1. The van der Waals surface area contributed by atoms with Gasteiger partial charge in [-0.2, -0.15) is 0 Å². The van der Waals surface area contributed by atoms with Gasteiger partial charge in [-0.05, 0) is 34.1 Å². The molecule has 0 aliphatic carbocycles. The Hall–Kier alpha value is -0.660. The van der Waals surface area contributed by atoms with E-state index in [0.29, 0.717) is 26.1 Å².